The van der Waals surface area contributed by atoms with Gasteiger partial charge in [-0.05, 0) is 61.1 Å². The van der Waals surface area contributed by atoms with Crippen molar-refractivity contribution in [1.29, 1.82) is 0 Å². The molecule has 3 N–H and O–H groups in total. The predicted molar refractivity (Wildman–Crippen MR) is 160 cm³/mol. The fraction of sp³-hybridized carbons (Fsp3) is 0.844. The van der Waals surface area contributed by atoms with Crippen molar-refractivity contribution in [2.24, 2.45) is 23.7 Å². The molecule has 1 unspecified atom stereocenters. The molecule has 43 heavy (non-hydrogen) atoms. The van der Waals surface area contributed by atoms with Crippen LogP contribution >= 0.6 is 0 Å². The minimum atomic E-state index is -1.96. The maximum atomic E-state index is 13.9. The number of esters is 1. The molecular weight excluding hydrogens is 558 g/mol. The van der Waals surface area contributed by atoms with E-state index in [0.717, 1.165) is 0 Å². The number of rotatable bonds is 7. The summed E-state index contributed by atoms with van der Waals surface area (Å²) in [5.74, 6) is -5.69. The Kier molecular flexibility index (Phi) is 13.1. The molecule has 0 spiro atoms. The Morgan fingerprint density at radius 1 is 1.05 bits per heavy atom. The molecule has 2 heterocycles. The van der Waals surface area contributed by atoms with Gasteiger partial charge in [-0.15, -0.1) is 6.58 Å². The third kappa shape index (κ3) is 8.31. The smallest absolute Gasteiger partial charge is 0.316 e. The molecule has 0 aromatic carbocycles. The van der Waals surface area contributed by atoms with Crippen molar-refractivity contribution in [3.8, 4) is 0 Å². The summed E-state index contributed by atoms with van der Waals surface area (Å²) < 4.78 is 24.4. The standard InChI is InChI=1S/C32H55NO10/c1-12-14-40-31(8)16-17(3)24(34)19(5)27(37)32(9,39)23(13-2)42-29(38)21(7)25(35)20(6)28(31)43-30-26(36)22(33(10)11)15-18(4)41-30/h12,17-23,26-28,30,36-37,39H,1,13-16H2,2-11H3/t17-,18-,19+,20+,21-,22+,23?,26-,27-,28-,30+,31-,32-/m1/s1. The molecule has 0 aromatic heterocycles. The van der Waals surface area contributed by atoms with E-state index in [0.29, 0.717) is 6.42 Å². The fourth-order valence-electron chi connectivity index (χ4n) is 6.62. The molecule has 2 fully saturated rings. The molecule has 13 atom stereocenters. The summed E-state index contributed by atoms with van der Waals surface area (Å²) in [5.41, 5.74) is -3.28. The largest absolute Gasteiger partial charge is 0.459 e. The van der Waals surface area contributed by atoms with E-state index in [4.69, 9.17) is 18.9 Å². The van der Waals surface area contributed by atoms with Crippen molar-refractivity contribution in [1.82, 2.24) is 4.90 Å². The van der Waals surface area contributed by atoms with Gasteiger partial charge in [0.25, 0.3) is 0 Å². The minimum absolute atomic E-state index is 0.0612. The summed E-state index contributed by atoms with van der Waals surface area (Å²) in [6, 6.07) is -0.283. The molecule has 2 saturated heterocycles. The van der Waals surface area contributed by atoms with Gasteiger partial charge < -0.3 is 39.2 Å². The quantitative estimate of drug-likeness (QED) is 0.220. The molecule has 248 valence electrons. The monoisotopic (exact) mass is 613 g/mol. The second-order valence-corrected chi connectivity index (χ2v) is 13.3. The number of carbonyl (C=O) groups is 3. The van der Waals surface area contributed by atoms with E-state index in [1.54, 1.807) is 27.7 Å². The van der Waals surface area contributed by atoms with Crippen LogP contribution < -0.4 is 0 Å². The van der Waals surface area contributed by atoms with Crippen LogP contribution in [0.25, 0.3) is 0 Å². The summed E-state index contributed by atoms with van der Waals surface area (Å²) in [5, 5.41) is 33.7. The Labute approximate surface area is 256 Å². The highest BCUT2D eigenvalue weighted by atomic mass is 16.7. The van der Waals surface area contributed by atoms with Crippen molar-refractivity contribution >= 4 is 17.5 Å². The fourth-order valence-corrected chi connectivity index (χ4v) is 6.62. The molecule has 2 aliphatic rings. The van der Waals surface area contributed by atoms with Crippen LogP contribution in [0.2, 0.25) is 0 Å². The van der Waals surface area contributed by atoms with Gasteiger partial charge in [-0.25, -0.2) is 0 Å². The number of carbonyl (C=O) groups excluding carboxylic acids is 3. The number of hydrogen-bond acceptors (Lipinski definition) is 11. The molecule has 0 aliphatic carbocycles. The van der Waals surface area contributed by atoms with E-state index in [9.17, 15) is 29.7 Å². The first-order valence-electron chi connectivity index (χ1n) is 15.4. The Morgan fingerprint density at radius 2 is 1.65 bits per heavy atom. The van der Waals surface area contributed by atoms with Gasteiger partial charge in [0.2, 0.25) is 0 Å². The van der Waals surface area contributed by atoms with Gasteiger partial charge in [-0.2, -0.15) is 0 Å². The number of nitrogens with zero attached hydrogens (tertiary/aromatic N) is 1. The molecule has 0 saturated carbocycles. The molecule has 2 rings (SSSR count). The highest BCUT2D eigenvalue weighted by molar-refractivity contribution is 6.00. The molecule has 11 nitrogen and oxygen atoms in total. The van der Waals surface area contributed by atoms with Gasteiger partial charge in [-0.3, -0.25) is 14.4 Å². The maximum Gasteiger partial charge on any atom is 0.316 e. The van der Waals surface area contributed by atoms with Crippen molar-refractivity contribution in [3.63, 3.8) is 0 Å². The lowest BCUT2D eigenvalue weighted by Gasteiger charge is -2.47. The van der Waals surface area contributed by atoms with E-state index in [-0.39, 0.29) is 37.4 Å². The SMILES string of the molecule is C=CCO[C@]1(C)C[C@@H](C)C(=O)[C@H](C)[C@@H](O)[C@](C)(O)C(CC)OC(=O)[C@H](C)C(=O)[C@H](C)[C@H]1O[C@@H]1O[C@H](C)C[C@H](N(C)C)[C@H]1O. The Bertz CT molecular complexity index is 985. The first-order valence-corrected chi connectivity index (χ1v) is 15.4. The second kappa shape index (κ2) is 15.0. The molecule has 0 aromatic rings. The van der Waals surface area contributed by atoms with Crippen LogP contribution in [0.1, 0.15) is 74.7 Å². The molecule has 0 bridgehead atoms. The minimum Gasteiger partial charge on any atom is -0.459 e. The van der Waals surface area contributed by atoms with Gasteiger partial charge in [0.15, 0.2) is 12.1 Å². The lowest BCUT2D eigenvalue weighted by atomic mass is 9.74. The topological polar surface area (TPSA) is 152 Å². The van der Waals surface area contributed by atoms with E-state index in [1.807, 2.05) is 25.9 Å². The van der Waals surface area contributed by atoms with E-state index in [2.05, 4.69) is 6.58 Å². The van der Waals surface area contributed by atoms with Crippen molar-refractivity contribution < 1.29 is 48.7 Å². The van der Waals surface area contributed by atoms with Gasteiger partial charge in [-0.1, -0.05) is 33.8 Å². The van der Waals surface area contributed by atoms with E-state index in [1.165, 1.54) is 26.8 Å². The molecule has 0 amide bonds. The number of Topliss-reactive ketones (excluding diaryl/α,β-unsaturated/α-hetero) is 2. The molecule has 11 heteroatoms. The third-order valence-electron chi connectivity index (χ3n) is 9.37. The molecule has 2 aliphatic heterocycles. The zero-order valence-electron chi connectivity index (χ0n) is 27.6. The zero-order valence-corrected chi connectivity index (χ0v) is 27.6. The molecule has 0 radical (unpaired) electrons. The first-order chi connectivity index (χ1) is 19.8. The summed E-state index contributed by atoms with van der Waals surface area (Å²) in [7, 11) is 3.70. The maximum absolute atomic E-state index is 13.9. The van der Waals surface area contributed by atoms with Crippen molar-refractivity contribution in [3.05, 3.63) is 12.7 Å². The van der Waals surface area contributed by atoms with Crippen LogP contribution in [0.3, 0.4) is 0 Å². The number of cyclic esters (lactones) is 1. The van der Waals surface area contributed by atoms with Crippen LogP contribution in [0.5, 0.6) is 0 Å². The highest BCUT2D eigenvalue weighted by Crippen LogP contribution is 2.38. The van der Waals surface area contributed by atoms with Crippen LogP contribution in [0.15, 0.2) is 12.7 Å². The number of ether oxygens (including phenoxy) is 4. The van der Waals surface area contributed by atoms with E-state index >= 15 is 0 Å². The van der Waals surface area contributed by atoms with Crippen LogP contribution in [0.4, 0.5) is 0 Å². The first kappa shape index (κ1) is 37.5. The van der Waals surface area contributed by atoms with Gasteiger partial charge in [0.05, 0.1) is 30.5 Å². The summed E-state index contributed by atoms with van der Waals surface area (Å²) in [6.07, 6.45) is -3.95. The van der Waals surface area contributed by atoms with Crippen molar-refractivity contribution in [2.45, 2.75) is 129 Å². The van der Waals surface area contributed by atoms with Crippen LogP contribution in [-0.4, -0.2) is 113 Å². The Morgan fingerprint density at radius 3 is 2.19 bits per heavy atom. The van der Waals surface area contributed by atoms with Crippen LogP contribution in [-0.2, 0) is 33.3 Å². The number of ketones is 2. The molecular formula is C32H55NO10. The van der Waals surface area contributed by atoms with Gasteiger partial charge in [0.1, 0.15) is 29.5 Å². The van der Waals surface area contributed by atoms with Crippen molar-refractivity contribution in [2.75, 3.05) is 20.7 Å². The average Bonchev–Trinajstić information content (AvgIpc) is 2.95. The number of likely N-dealkylation sites (N-methyl/N-ethyl adjacent to an activating group) is 1. The number of aliphatic hydroxyl groups is 3. The zero-order chi connectivity index (χ0) is 33.0. The highest BCUT2D eigenvalue weighted by Gasteiger charge is 2.52. The second-order valence-electron chi connectivity index (χ2n) is 13.3. The lowest BCUT2D eigenvalue weighted by molar-refractivity contribution is -0.296. The predicted octanol–water partition coefficient (Wildman–Crippen LogP) is 2.28. The number of hydrogen-bond donors (Lipinski definition) is 3. The summed E-state index contributed by atoms with van der Waals surface area (Å²) in [4.78, 5) is 42.8. The van der Waals surface area contributed by atoms with Gasteiger partial charge >= 0.3 is 5.97 Å². The Balaban J connectivity index is 2.68. The average molecular weight is 614 g/mol. The number of aliphatic hydroxyl groups excluding tert-OH is 2. The third-order valence-corrected chi connectivity index (χ3v) is 9.37. The summed E-state index contributed by atoms with van der Waals surface area (Å²) >= 11 is 0. The van der Waals surface area contributed by atoms with E-state index < -0.39 is 77.3 Å². The van der Waals surface area contributed by atoms with Crippen LogP contribution in [0, 0.1) is 23.7 Å². The summed E-state index contributed by atoms with van der Waals surface area (Å²) in [6.45, 7) is 16.7. The lowest BCUT2D eigenvalue weighted by Crippen LogP contribution is -2.60. The van der Waals surface area contributed by atoms with Gasteiger partial charge in [0, 0.05) is 23.8 Å². The normalized spacial score (nSPS) is 44.1. The Hall–Kier alpha value is -1.73.